The van der Waals surface area contributed by atoms with Gasteiger partial charge in [-0.15, -0.1) is 0 Å². The van der Waals surface area contributed by atoms with Crippen molar-refractivity contribution in [1.82, 2.24) is 0 Å². The van der Waals surface area contributed by atoms with Gasteiger partial charge in [-0.3, -0.25) is 0 Å². The normalized spacial score (nSPS) is 20.6. The van der Waals surface area contributed by atoms with Gasteiger partial charge in [-0.2, -0.15) is 4.39 Å². The third kappa shape index (κ3) is 1.26. The van der Waals surface area contributed by atoms with Crippen LogP contribution in [0, 0.1) is 11.6 Å². The van der Waals surface area contributed by atoms with Crippen LogP contribution in [-0.2, 0) is 6.42 Å². The molecule has 0 bridgehead atoms. The van der Waals surface area contributed by atoms with E-state index in [2.05, 4.69) is 0 Å². The van der Waals surface area contributed by atoms with Crippen LogP contribution in [0.4, 0.5) is 8.78 Å². The monoisotopic (exact) mass is 199 g/mol. The minimum absolute atomic E-state index is 0.292. The Balaban J connectivity index is 2.63. The number of rotatable bonds is 0. The molecule has 0 spiro atoms. The molecule has 0 radical (unpaired) electrons. The van der Waals surface area contributed by atoms with Crippen LogP contribution in [-0.4, -0.2) is 5.11 Å². The van der Waals surface area contributed by atoms with Gasteiger partial charge in [-0.1, -0.05) is 0 Å². The molecular weight excluding hydrogens is 188 g/mol. The van der Waals surface area contributed by atoms with Crippen molar-refractivity contribution in [1.29, 1.82) is 0 Å². The van der Waals surface area contributed by atoms with E-state index in [1.807, 2.05) is 0 Å². The lowest BCUT2D eigenvalue weighted by molar-refractivity contribution is 0.396. The number of hydrogen-bond donors (Lipinski definition) is 2. The zero-order valence-corrected chi connectivity index (χ0v) is 7.56. The van der Waals surface area contributed by atoms with E-state index in [1.165, 1.54) is 6.07 Å². The molecule has 0 fully saturated rings. The molecule has 0 aromatic heterocycles. The predicted octanol–water partition coefficient (Wildman–Crippen LogP) is 2.01. The van der Waals surface area contributed by atoms with Gasteiger partial charge in [0, 0.05) is 6.04 Å². The highest BCUT2D eigenvalue weighted by Crippen LogP contribution is 2.34. The number of nitrogens with two attached hydrogens (primary N) is 1. The summed E-state index contributed by atoms with van der Waals surface area (Å²) in [6.45, 7) is 0. The maximum atomic E-state index is 13.3. The summed E-state index contributed by atoms with van der Waals surface area (Å²) in [7, 11) is 0. The quantitative estimate of drug-likeness (QED) is 0.671. The smallest absolute Gasteiger partial charge is 0.200 e. The molecule has 1 atom stereocenters. The van der Waals surface area contributed by atoms with E-state index < -0.39 is 17.4 Å². The van der Waals surface area contributed by atoms with Crippen LogP contribution >= 0.6 is 0 Å². The van der Waals surface area contributed by atoms with E-state index in [0.717, 1.165) is 12.8 Å². The molecule has 1 aromatic carbocycles. The van der Waals surface area contributed by atoms with Crippen molar-refractivity contribution in [2.45, 2.75) is 25.3 Å². The zero-order chi connectivity index (χ0) is 10.3. The van der Waals surface area contributed by atoms with Crippen LogP contribution in [0.25, 0.3) is 0 Å². The fourth-order valence-electron chi connectivity index (χ4n) is 1.91. The second-order valence-electron chi connectivity index (χ2n) is 3.59. The third-order valence-electron chi connectivity index (χ3n) is 2.66. The minimum atomic E-state index is -1.17. The number of hydrogen-bond acceptors (Lipinski definition) is 2. The highest BCUT2D eigenvalue weighted by Gasteiger charge is 2.24. The van der Waals surface area contributed by atoms with Crippen LogP contribution in [0.3, 0.4) is 0 Å². The summed E-state index contributed by atoms with van der Waals surface area (Å²) in [6, 6.07) is 0.942. The fraction of sp³-hybridized carbons (Fsp3) is 0.400. The van der Waals surface area contributed by atoms with Crippen LogP contribution in [0.15, 0.2) is 6.07 Å². The molecule has 76 valence electrons. The number of phenolic OH excluding ortho intramolecular Hbond substituents is 1. The Bertz CT molecular complexity index is 379. The van der Waals surface area contributed by atoms with E-state index >= 15 is 0 Å². The van der Waals surface area contributed by atoms with Gasteiger partial charge in [0.25, 0.3) is 0 Å². The maximum Gasteiger partial charge on any atom is 0.200 e. The van der Waals surface area contributed by atoms with Crippen LogP contribution in [0.2, 0.25) is 0 Å². The van der Waals surface area contributed by atoms with Crippen molar-refractivity contribution in [3.8, 4) is 5.75 Å². The van der Waals surface area contributed by atoms with Crippen molar-refractivity contribution < 1.29 is 13.9 Å². The van der Waals surface area contributed by atoms with Gasteiger partial charge in [-0.25, -0.2) is 4.39 Å². The minimum Gasteiger partial charge on any atom is -0.505 e. The number of phenols is 1. The van der Waals surface area contributed by atoms with Crippen LogP contribution in [0.1, 0.15) is 30.0 Å². The second-order valence-corrected chi connectivity index (χ2v) is 3.59. The molecule has 2 nitrogen and oxygen atoms in total. The Morgan fingerprint density at radius 1 is 1.36 bits per heavy atom. The summed E-state index contributed by atoms with van der Waals surface area (Å²) < 4.78 is 26.3. The summed E-state index contributed by atoms with van der Waals surface area (Å²) in [5, 5.41) is 9.10. The summed E-state index contributed by atoms with van der Waals surface area (Å²) in [4.78, 5) is 0. The first-order valence-corrected chi connectivity index (χ1v) is 4.56. The second kappa shape index (κ2) is 3.20. The van der Waals surface area contributed by atoms with Gasteiger partial charge in [0.2, 0.25) is 5.82 Å². The summed E-state index contributed by atoms with van der Waals surface area (Å²) >= 11 is 0. The SMILES string of the molecule is NC1CCCc2c1cc(O)c(F)c2F. The van der Waals surface area contributed by atoms with E-state index in [1.54, 1.807) is 0 Å². The van der Waals surface area contributed by atoms with Gasteiger partial charge in [0.15, 0.2) is 11.6 Å². The lowest BCUT2D eigenvalue weighted by atomic mass is 9.87. The average molecular weight is 199 g/mol. The van der Waals surface area contributed by atoms with E-state index in [9.17, 15) is 8.78 Å². The lowest BCUT2D eigenvalue weighted by Gasteiger charge is -2.22. The molecule has 0 saturated heterocycles. The average Bonchev–Trinajstić information content (AvgIpc) is 2.17. The Morgan fingerprint density at radius 2 is 2.07 bits per heavy atom. The Labute approximate surface area is 80.4 Å². The molecule has 0 heterocycles. The van der Waals surface area contributed by atoms with Gasteiger partial charge in [0.05, 0.1) is 0 Å². The summed E-state index contributed by atoms with van der Waals surface area (Å²) in [5.74, 6) is -2.77. The topological polar surface area (TPSA) is 46.2 Å². The number of benzene rings is 1. The molecule has 0 amide bonds. The number of halogens is 2. The standard InChI is InChI=1S/C10H11F2NO/c11-9-5-2-1-3-7(13)6(5)4-8(14)10(9)12/h4,7,14H,1-3,13H2. The van der Waals surface area contributed by atoms with Crippen molar-refractivity contribution in [2.24, 2.45) is 5.73 Å². The molecule has 0 saturated carbocycles. The maximum absolute atomic E-state index is 13.3. The molecule has 1 aromatic rings. The largest absolute Gasteiger partial charge is 0.505 e. The third-order valence-corrected chi connectivity index (χ3v) is 2.66. The van der Waals surface area contributed by atoms with E-state index in [4.69, 9.17) is 10.8 Å². The van der Waals surface area contributed by atoms with Crippen molar-refractivity contribution >= 4 is 0 Å². The lowest BCUT2D eigenvalue weighted by Crippen LogP contribution is -2.19. The first kappa shape index (κ1) is 9.40. The number of fused-ring (bicyclic) bond motifs is 1. The van der Waals surface area contributed by atoms with Gasteiger partial charge < -0.3 is 10.8 Å². The summed E-state index contributed by atoms with van der Waals surface area (Å²) in [5.41, 5.74) is 6.59. The van der Waals surface area contributed by atoms with Gasteiger partial charge in [-0.05, 0) is 36.5 Å². The predicted molar refractivity (Wildman–Crippen MR) is 47.9 cm³/mol. The molecule has 1 unspecified atom stereocenters. The summed E-state index contributed by atoms with van der Waals surface area (Å²) in [6.07, 6.45) is 2.00. The number of aromatic hydroxyl groups is 1. The Kier molecular flexibility index (Phi) is 2.15. The molecule has 14 heavy (non-hydrogen) atoms. The van der Waals surface area contributed by atoms with Gasteiger partial charge in [0.1, 0.15) is 0 Å². The van der Waals surface area contributed by atoms with Crippen LogP contribution < -0.4 is 5.73 Å². The molecule has 1 aliphatic carbocycles. The van der Waals surface area contributed by atoms with Crippen molar-refractivity contribution in [3.63, 3.8) is 0 Å². The molecule has 0 aliphatic heterocycles. The van der Waals surface area contributed by atoms with Gasteiger partial charge >= 0.3 is 0 Å². The molecule has 1 aliphatic rings. The van der Waals surface area contributed by atoms with Crippen LogP contribution in [0.5, 0.6) is 5.75 Å². The van der Waals surface area contributed by atoms with Crippen molar-refractivity contribution in [3.05, 3.63) is 28.8 Å². The Morgan fingerprint density at radius 3 is 2.79 bits per heavy atom. The first-order chi connectivity index (χ1) is 6.61. The molecule has 2 rings (SSSR count). The Hall–Kier alpha value is -1.16. The first-order valence-electron chi connectivity index (χ1n) is 4.56. The molecule has 3 N–H and O–H groups in total. The zero-order valence-electron chi connectivity index (χ0n) is 7.56. The fourth-order valence-corrected chi connectivity index (χ4v) is 1.91. The van der Waals surface area contributed by atoms with Crippen molar-refractivity contribution in [2.75, 3.05) is 0 Å². The molecular formula is C10H11F2NO. The van der Waals surface area contributed by atoms with E-state index in [-0.39, 0.29) is 6.04 Å². The van der Waals surface area contributed by atoms with E-state index in [0.29, 0.717) is 17.5 Å². The molecule has 4 heteroatoms. The highest BCUT2D eigenvalue weighted by atomic mass is 19.2. The highest BCUT2D eigenvalue weighted by molar-refractivity contribution is 5.40.